The molecule has 0 spiro atoms. The van der Waals surface area contributed by atoms with Gasteiger partial charge < -0.3 is 9.26 Å². The average molecular weight is 405 g/mol. The van der Waals surface area contributed by atoms with Gasteiger partial charge in [-0.1, -0.05) is 45.4 Å². The van der Waals surface area contributed by atoms with Gasteiger partial charge in [-0.25, -0.2) is 4.39 Å². The normalized spacial score (nSPS) is 11.8. The summed E-state index contributed by atoms with van der Waals surface area (Å²) in [5.41, 5.74) is 1.44. The molecule has 3 rings (SSSR count). The van der Waals surface area contributed by atoms with E-state index in [9.17, 15) is 9.18 Å². The van der Waals surface area contributed by atoms with Gasteiger partial charge in [0.25, 0.3) is 5.91 Å². The Balaban J connectivity index is 1.65. The van der Waals surface area contributed by atoms with Gasteiger partial charge in [-0.2, -0.15) is 0 Å². The van der Waals surface area contributed by atoms with Gasteiger partial charge in [0, 0.05) is 16.1 Å². The van der Waals surface area contributed by atoms with Crippen LogP contribution in [0.25, 0.3) is 11.3 Å². The maximum Gasteiger partial charge on any atom is 0.267 e. The first-order valence-electron chi connectivity index (χ1n) is 7.47. The Morgan fingerprint density at radius 1 is 1.24 bits per heavy atom. The number of anilines is 1. The van der Waals surface area contributed by atoms with Gasteiger partial charge >= 0.3 is 0 Å². The van der Waals surface area contributed by atoms with Crippen LogP contribution in [0.15, 0.2) is 63.6 Å². The van der Waals surface area contributed by atoms with Gasteiger partial charge in [0.2, 0.25) is 5.88 Å². The molecule has 0 saturated carbocycles. The van der Waals surface area contributed by atoms with Gasteiger partial charge in [0.15, 0.2) is 17.7 Å². The lowest BCUT2D eigenvalue weighted by atomic mass is 10.1. The number of nitrogens with one attached hydrogen (secondary N) is 1. The predicted molar refractivity (Wildman–Crippen MR) is 94.8 cm³/mol. The summed E-state index contributed by atoms with van der Waals surface area (Å²) in [4.78, 5) is 12.2. The third-order valence-corrected chi connectivity index (χ3v) is 3.93. The zero-order valence-electron chi connectivity index (χ0n) is 13.2. The zero-order chi connectivity index (χ0) is 17.8. The number of nitrogens with zero attached hydrogens (tertiary/aromatic N) is 1. The molecule has 128 valence electrons. The summed E-state index contributed by atoms with van der Waals surface area (Å²) in [5.74, 6) is -0.800. The molecule has 25 heavy (non-hydrogen) atoms. The molecule has 1 atom stereocenters. The second-order valence-corrected chi connectivity index (χ2v) is 6.18. The van der Waals surface area contributed by atoms with Crippen LogP contribution in [0.1, 0.15) is 6.92 Å². The summed E-state index contributed by atoms with van der Waals surface area (Å²) in [5, 5.41) is 6.48. The van der Waals surface area contributed by atoms with Crippen LogP contribution in [0.4, 0.5) is 10.3 Å². The smallest absolute Gasteiger partial charge is 0.267 e. The Bertz CT molecular complexity index is 880. The highest BCUT2D eigenvalue weighted by Gasteiger charge is 2.18. The van der Waals surface area contributed by atoms with Crippen molar-refractivity contribution in [1.82, 2.24) is 5.16 Å². The number of hydrogen-bond donors (Lipinski definition) is 1. The minimum atomic E-state index is -0.905. The second kappa shape index (κ2) is 7.48. The van der Waals surface area contributed by atoms with Crippen LogP contribution >= 0.6 is 15.9 Å². The molecule has 0 radical (unpaired) electrons. The number of amides is 1. The second-order valence-electron chi connectivity index (χ2n) is 5.26. The molecule has 1 N–H and O–H groups in total. The molecule has 0 aliphatic rings. The van der Waals surface area contributed by atoms with Crippen molar-refractivity contribution in [3.63, 3.8) is 0 Å². The van der Waals surface area contributed by atoms with Crippen molar-refractivity contribution in [3.8, 4) is 17.0 Å². The molecule has 7 heteroatoms. The van der Waals surface area contributed by atoms with Crippen molar-refractivity contribution in [3.05, 3.63) is 64.9 Å². The van der Waals surface area contributed by atoms with E-state index in [4.69, 9.17) is 9.26 Å². The molecule has 1 heterocycles. The van der Waals surface area contributed by atoms with Gasteiger partial charge in [0.05, 0.1) is 0 Å². The average Bonchev–Trinajstić information content (AvgIpc) is 3.06. The summed E-state index contributed by atoms with van der Waals surface area (Å²) in [6.07, 6.45) is -0.905. The molecule has 0 fully saturated rings. The van der Waals surface area contributed by atoms with Crippen molar-refractivity contribution in [2.45, 2.75) is 13.0 Å². The molecule has 0 bridgehead atoms. The molecule has 1 unspecified atom stereocenters. The van der Waals surface area contributed by atoms with Crippen LogP contribution in [-0.2, 0) is 4.79 Å². The van der Waals surface area contributed by atoms with Crippen LogP contribution in [0.2, 0.25) is 0 Å². The molecule has 0 aliphatic carbocycles. The van der Waals surface area contributed by atoms with E-state index in [0.717, 1.165) is 10.0 Å². The summed E-state index contributed by atoms with van der Waals surface area (Å²) in [7, 11) is 0. The minimum absolute atomic E-state index is 0.0123. The molecule has 1 amide bonds. The third kappa shape index (κ3) is 4.24. The fourth-order valence-corrected chi connectivity index (χ4v) is 2.36. The van der Waals surface area contributed by atoms with Gasteiger partial charge in [0.1, 0.15) is 5.69 Å². The zero-order valence-corrected chi connectivity index (χ0v) is 14.8. The summed E-state index contributed by atoms with van der Waals surface area (Å²) in [6, 6.07) is 15.0. The first-order chi connectivity index (χ1) is 12.0. The number of hydrogen-bond acceptors (Lipinski definition) is 4. The quantitative estimate of drug-likeness (QED) is 0.671. The van der Waals surface area contributed by atoms with E-state index >= 15 is 0 Å². The Kier molecular flexibility index (Phi) is 5.14. The number of benzene rings is 2. The van der Waals surface area contributed by atoms with E-state index in [2.05, 4.69) is 26.4 Å². The van der Waals surface area contributed by atoms with Gasteiger partial charge in [-0.3, -0.25) is 10.1 Å². The highest BCUT2D eigenvalue weighted by molar-refractivity contribution is 9.10. The minimum Gasteiger partial charge on any atom is -0.478 e. The third-order valence-electron chi connectivity index (χ3n) is 3.41. The monoisotopic (exact) mass is 404 g/mol. The first kappa shape index (κ1) is 17.2. The Hall–Kier alpha value is -2.67. The molecular weight excluding hydrogens is 391 g/mol. The lowest BCUT2D eigenvalue weighted by Crippen LogP contribution is -2.30. The van der Waals surface area contributed by atoms with E-state index in [1.807, 2.05) is 24.3 Å². The Labute approximate surface area is 151 Å². The number of ether oxygens (including phenoxy) is 1. The van der Waals surface area contributed by atoms with Crippen molar-refractivity contribution in [2.75, 3.05) is 5.32 Å². The maximum atomic E-state index is 13.6. The first-order valence-corrected chi connectivity index (χ1v) is 8.27. The predicted octanol–water partition coefficient (Wildman–Crippen LogP) is 4.65. The summed E-state index contributed by atoms with van der Waals surface area (Å²) < 4.78 is 25.0. The van der Waals surface area contributed by atoms with Gasteiger partial charge in [-0.05, 0) is 31.2 Å². The van der Waals surface area contributed by atoms with Crippen molar-refractivity contribution in [1.29, 1.82) is 0 Å². The number of para-hydroxylation sites is 1. The standard InChI is InChI=1S/C18H14BrFN2O3/c1-11(24-16-5-3-2-4-14(16)20)18(23)21-17-10-15(22-25-17)12-6-8-13(19)9-7-12/h2-11H,1H3,(H,21,23). The SMILES string of the molecule is CC(Oc1ccccc1F)C(=O)Nc1cc(-c2ccc(Br)cc2)no1. The number of carbonyl (C=O) groups is 1. The molecule has 2 aromatic carbocycles. The molecule has 1 aromatic heterocycles. The summed E-state index contributed by atoms with van der Waals surface area (Å²) >= 11 is 3.36. The fourth-order valence-electron chi connectivity index (χ4n) is 2.10. The van der Waals surface area contributed by atoms with Crippen LogP contribution in [0.5, 0.6) is 5.75 Å². The number of carbonyl (C=O) groups excluding carboxylic acids is 1. The van der Waals surface area contributed by atoms with Crippen LogP contribution < -0.4 is 10.1 Å². The fraction of sp³-hybridized carbons (Fsp3) is 0.111. The lowest BCUT2D eigenvalue weighted by Gasteiger charge is -2.13. The van der Waals surface area contributed by atoms with E-state index in [1.54, 1.807) is 18.2 Å². The van der Waals surface area contributed by atoms with Crippen molar-refractivity contribution in [2.24, 2.45) is 0 Å². The highest BCUT2D eigenvalue weighted by atomic mass is 79.9. The molecule has 0 aliphatic heterocycles. The molecule has 0 saturated heterocycles. The van der Waals surface area contributed by atoms with Crippen molar-refractivity contribution >= 4 is 27.7 Å². The van der Waals surface area contributed by atoms with Crippen molar-refractivity contribution < 1.29 is 18.4 Å². The topological polar surface area (TPSA) is 64.4 Å². The number of aromatic nitrogens is 1. The van der Waals surface area contributed by atoms with Crippen LogP contribution in [-0.4, -0.2) is 17.2 Å². The number of rotatable bonds is 5. The largest absolute Gasteiger partial charge is 0.478 e. The van der Waals surface area contributed by atoms with E-state index < -0.39 is 17.8 Å². The Morgan fingerprint density at radius 3 is 2.68 bits per heavy atom. The lowest BCUT2D eigenvalue weighted by molar-refractivity contribution is -0.122. The van der Waals surface area contributed by atoms with Gasteiger partial charge in [-0.15, -0.1) is 0 Å². The van der Waals surface area contributed by atoms with E-state index in [-0.39, 0.29) is 11.6 Å². The highest BCUT2D eigenvalue weighted by Crippen LogP contribution is 2.24. The molecule has 3 aromatic rings. The number of halogens is 2. The van der Waals surface area contributed by atoms with Crippen LogP contribution in [0, 0.1) is 5.82 Å². The maximum absolute atomic E-state index is 13.6. The summed E-state index contributed by atoms with van der Waals surface area (Å²) in [6.45, 7) is 1.52. The molecule has 5 nitrogen and oxygen atoms in total. The van der Waals surface area contributed by atoms with E-state index in [1.165, 1.54) is 19.1 Å². The Morgan fingerprint density at radius 2 is 1.96 bits per heavy atom. The van der Waals surface area contributed by atoms with E-state index in [0.29, 0.717) is 5.69 Å². The van der Waals surface area contributed by atoms with Crippen LogP contribution in [0.3, 0.4) is 0 Å². The molecular formula is C18H14BrFN2O3.